The van der Waals surface area contributed by atoms with Gasteiger partial charge in [-0.3, -0.25) is 4.90 Å². The minimum atomic E-state index is -4.28. The molecule has 0 unspecified atom stereocenters. The molecule has 1 aliphatic heterocycles. The summed E-state index contributed by atoms with van der Waals surface area (Å²) in [6, 6.07) is 3.09. The zero-order valence-electron chi connectivity index (χ0n) is 12.5. The van der Waals surface area contributed by atoms with Crippen LogP contribution >= 0.6 is 24.8 Å². The molecule has 1 heterocycles. The monoisotopic (exact) mass is 378 g/mol. The van der Waals surface area contributed by atoms with Crippen LogP contribution in [0.15, 0.2) is 18.2 Å². The zero-order valence-corrected chi connectivity index (χ0v) is 14.2. The molecule has 134 valence electrons. The van der Waals surface area contributed by atoms with Crippen LogP contribution in [0, 0.1) is 5.82 Å². The number of piperazine rings is 1. The third-order valence-corrected chi connectivity index (χ3v) is 3.58. The van der Waals surface area contributed by atoms with E-state index in [1.54, 1.807) is 4.90 Å². The third kappa shape index (κ3) is 6.33. The molecule has 0 amide bonds. The second-order valence-electron chi connectivity index (χ2n) is 5.02. The fraction of sp³-hybridized carbons (Fsp3) is 0.571. The Hall–Kier alpha value is -0.760. The van der Waals surface area contributed by atoms with Gasteiger partial charge in [-0.15, -0.1) is 24.8 Å². The van der Waals surface area contributed by atoms with Gasteiger partial charge in [-0.1, -0.05) is 6.07 Å². The second-order valence-corrected chi connectivity index (χ2v) is 5.02. The Morgan fingerprint density at radius 2 is 1.83 bits per heavy atom. The number of alkyl halides is 3. The van der Waals surface area contributed by atoms with Crippen molar-refractivity contribution in [1.82, 2.24) is 10.2 Å². The molecule has 0 spiro atoms. The van der Waals surface area contributed by atoms with Crippen molar-refractivity contribution in [2.75, 3.05) is 33.3 Å². The van der Waals surface area contributed by atoms with E-state index in [4.69, 9.17) is 4.74 Å². The van der Waals surface area contributed by atoms with Gasteiger partial charge in [-0.25, -0.2) is 4.39 Å². The van der Waals surface area contributed by atoms with Crippen LogP contribution in [0.4, 0.5) is 17.6 Å². The van der Waals surface area contributed by atoms with Crippen molar-refractivity contribution >= 4 is 24.8 Å². The Bertz CT molecular complexity index is 482. The highest BCUT2D eigenvalue weighted by atomic mass is 35.5. The molecule has 1 aliphatic rings. The van der Waals surface area contributed by atoms with Gasteiger partial charge in [0.15, 0.2) is 11.6 Å². The Labute approximate surface area is 145 Å². The van der Waals surface area contributed by atoms with E-state index in [0.717, 1.165) is 6.07 Å². The highest BCUT2D eigenvalue weighted by Gasteiger charge is 2.36. The van der Waals surface area contributed by atoms with Crippen molar-refractivity contribution in [3.63, 3.8) is 0 Å². The number of rotatable bonds is 4. The number of methoxy groups -OCH3 is 1. The summed E-state index contributed by atoms with van der Waals surface area (Å²) in [6.07, 6.45) is -5.24. The van der Waals surface area contributed by atoms with Gasteiger partial charge in [0.05, 0.1) is 13.5 Å². The molecule has 1 fully saturated rings. The SMILES string of the molecule is COc1cc([C@H](CC(F)(F)F)N2CCNCC2)ccc1F.Cl.Cl. The molecule has 9 heteroatoms. The molecule has 1 aromatic rings. The Morgan fingerprint density at radius 3 is 2.35 bits per heavy atom. The molecule has 1 aromatic carbocycles. The summed E-state index contributed by atoms with van der Waals surface area (Å²) in [7, 11) is 1.30. The Morgan fingerprint density at radius 1 is 1.22 bits per heavy atom. The Balaban J connectivity index is 0.00000242. The van der Waals surface area contributed by atoms with Crippen LogP contribution in [0.5, 0.6) is 5.75 Å². The number of nitrogens with zero attached hydrogens (tertiary/aromatic N) is 1. The van der Waals surface area contributed by atoms with Crippen molar-refractivity contribution in [1.29, 1.82) is 0 Å². The van der Waals surface area contributed by atoms with Gasteiger partial charge >= 0.3 is 6.18 Å². The van der Waals surface area contributed by atoms with Gasteiger partial charge in [-0.05, 0) is 17.7 Å². The summed E-state index contributed by atoms with van der Waals surface area (Å²) in [5, 5.41) is 3.11. The molecule has 0 aromatic heterocycles. The van der Waals surface area contributed by atoms with E-state index >= 15 is 0 Å². The van der Waals surface area contributed by atoms with Crippen molar-refractivity contribution < 1.29 is 22.3 Å². The van der Waals surface area contributed by atoms with E-state index in [1.165, 1.54) is 19.2 Å². The average molecular weight is 379 g/mol. The molecule has 0 bridgehead atoms. The fourth-order valence-corrected chi connectivity index (χ4v) is 2.55. The first kappa shape index (κ1) is 22.2. The second kappa shape index (κ2) is 9.52. The molecule has 1 saturated heterocycles. The van der Waals surface area contributed by atoms with Crippen LogP contribution in [0.3, 0.4) is 0 Å². The lowest BCUT2D eigenvalue weighted by Crippen LogP contribution is -2.46. The largest absolute Gasteiger partial charge is 0.494 e. The maximum absolute atomic E-state index is 13.4. The molecule has 0 saturated carbocycles. The molecular weight excluding hydrogens is 359 g/mol. The van der Waals surface area contributed by atoms with E-state index in [9.17, 15) is 17.6 Å². The fourth-order valence-electron chi connectivity index (χ4n) is 2.55. The lowest BCUT2D eigenvalue weighted by atomic mass is 10.0. The lowest BCUT2D eigenvalue weighted by molar-refractivity contribution is -0.148. The summed E-state index contributed by atoms with van der Waals surface area (Å²) in [4.78, 5) is 1.77. The van der Waals surface area contributed by atoms with Gasteiger partial charge in [0, 0.05) is 32.2 Å². The summed E-state index contributed by atoms with van der Waals surface area (Å²) in [6.45, 7) is 2.35. The zero-order chi connectivity index (χ0) is 15.5. The smallest absolute Gasteiger partial charge is 0.390 e. The van der Waals surface area contributed by atoms with Crippen molar-refractivity contribution in [2.45, 2.75) is 18.6 Å². The number of hydrogen-bond donors (Lipinski definition) is 1. The van der Waals surface area contributed by atoms with Gasteiger partial charge in [-0.2, -0.15) is 13.2 Å². The van der Waals surface area contributed by atoms with Crippen LogP contribution in [0.1, 0.15) is 18.0 Å². The number of hydrogen-bond acceptors (Lipinski definition) is 3. The first-order valence-corrected chi connectivity index (χ1v) is 6.75. The topological polar surface area (TPSA) is 24.5 Å². The maximum atomic E-state index is 13.4. The van der Waals surface area contributed by atoms with Crippen molar-refractivity contribution in [3.8, 4) is 5.75 Å². The average Bonchev–Trinajstić information content (AvgIpc) is 2.45. The molecule has 0 aliphatic carbocycles. The van der Waals surface area contributed by atoms with Gasteiger partial charge in [0.1, 0.15) is 0 Å². The molecule has 2 rings (SSSR count). The van der Waals surface area contributed by atoms with Crippen LogP contribution < -0.4 is 10.1 Å². The molecule has 0 radical (unpaired) electrons. The van der Waals surface area contributed by atoms with E-state index in [2.05, 4.69) is 5.32 Å². The standard InChI is InChI=1S/C14H18F4N2O.2ClH/c1-21-13-8-10(2-3-11(13)15)12(9-14(16,17)18)20-6-4-19-5-7-20;;/h2-3,8,12,19H,4-7,9H2,1H3;2*1H/t12-;;/m0../s1. The number of ether oxygens (including phenoxy) is 1. The first-order chi connectivity index (χ1) is 9.90. The first-order valence-electron chi connectivity index (χ1n) is 6.75. The van der Waals surface area contributed by atoms with E-state index in [1.807, 2.05) is 0 Å². The van der Waals surface area contributed by atoms with Crippen molar-refractivity contribution in [2.24, 2.45) is 0 Å². The highest BCUT2D eigenvalue weighted by molar-refractivity contribution is 5.85. The van der Waals surface area contributed by atoms with Crippen LogP contribution in [-0.4, -0.2) is 44.4 Å². The molecule has 3 nitrogen and oxygen atoms in total. The number of benzene rings is 1. The van der Waals surface area contributed by atoms with Crippen LogP contribution in [-0.2, 0) is 0 Å². The summed E-state index contributed by atoms with van der Waals surface area (Å²) >= 11 is 0. The van der Waals surface area contributed by atoms with Crippen LogP contribution in [0.25, 0.3) is 0 Å². The normalized spacial score (nSPS) is 16.9. The van der Waals surface area contributed by atoms with Gasteiger partial charge in [0.2, 0.25) is 0 Å². The van der Waals surface area contributed by atoms with Gasteiger partial charge < -0.3 is 10.1 Å². The quantitative estimate of drug-likeness (QED) is 0.810. The van der Waals surface area contributed by atoms with Gasteiger partial charge in [0.25, 0.3) is 0 Å². The molecule has 1 N–H and O–H groups in total. The molecule has 23 heavy (non-hydrogen) atoms. The predicted molar refractivity (Wildman–Crippen MR) is 85.3 cm³/mol. The molecular formula is C14H20Cl2F4N2O. The highest BCUT2D eigenvalue weighted by Crippen LogP contribution is 2.35. The summed E-state index contributed by atoms with van der Waals surface area (Å²) in [5.74, 6) is -0.609. The van der Waals surface area contributed by atoms with E-state index in [-0.39, 0.29) is 30.6 Å². The lowest BCUT2D eigenvalue weighted by Gasteiger charge is -2.35. The van der Waals surface area contributed by atoms with E-state index in [0.29, 0.717) is 31.7 Å². The summed E-state index contributed by atoms with van der Waals surface area (Å²) < 4.78 is 56.9. The predicted octanol–water partition coefficient (Wildman–Crippen LogP) is 3.58. The van der Waals surface area contributed by atoms with Crippen LogP contribution in [0.2, 0.25) is 0 Å². The third-order valence-electron chi connectivity index (χ3n) is 3.58. The summed E-state index contributed by atoms with van der Waals surface area (Å²) in [5.41, 5.74) is 0.424. The van der Waals surface area contributed by atoms with Crippen molar-refractivity contribution in [3.05, 3.63) is 29.6 Å². The molecule has 1 atom stereocenters. The van der Waals surface area contributed by atoms with E-state index < -0.39 is 24.5 Å². The minimum Gasteiger partial charge on any atom is -0.494 e. The number of halogens is 6. The minimum absolute atomic E-state index is 0. The number of nitrogens with one attached hydrogen (secondary N) is 1. The maximum Gasteiger partial charge on any atom is 0.390 e. The Kier molecular flexibility index (Phi) is 9.20.